The third-order valence-electron chi connectivity index (χ3n) is 3.40. The van der Waals surface area contributed by atoms with Crippen LogP contribution in [0, 0.1) is 0 Å². The first kappa shape index (κ1) is 19.0. The fraction of sp³-hybridized carbons (Fsp3) is 0.824. The van der Waals surface area contributed by atoms with Crippen LogP contribution in [0.5, 0.6) is 0 Å². The first-order chi connectivity index (χ1) is 9.77. The zero-order chi connectivity index (χ0) is 14.9. The molecule has 0 atom stereocenters. The average molecular weight is 283 g/mol. The summed E-state index contributed by atoms with van der Waals surface area (Å²) in [5, 5.41) is 0. The molecule has 118 valence electrons. The van der Waals surface area contributed by atoms with Crippen molar-refractivity contribution in [3.8, 4) is 0 Å². The van der Waals surface area contributed by atoms with Crippen molar-refractivity contribution in [3.05, 3.63) is 12.2 Å². The van der Waals surface area contributed by atoms with Crippen LogP contribution >= 0.6 is 0 Å². The number of rotatable bonds is 14. The Bertz CT molecular complexity index is 239. The SMILES string of the molecule is CCCCCCCC/C=C\CCCCCCOC(N)=O. The minimum Gasteiger partial charge on any atom is -0.450 e. The largest absolute Gasteiger partial charge is 0.450 e. The lowest BCUT2D eigenvalue weighted by Crippen LogP contribution is -2.13. The molecule has 0 aliphatic carbocycles. The van der Waals surface area contributed by atoms with Crippen LogP contribution in [0.4, 0.5) is 4.79 Å². The van der Waals surface area contributed by atoms with Crippen LogP contribution in [-0.2, 0) is 4.74 Å². The standard InChI is InChI=1S/C17H33NO2/c1-2-3-4-5-6-7-8-9-10-11-12-13-14-15-16-20-17(18)19/h9-10H,2-8,11-16H2,1H3,(H2,18,19)/b10-9-. The number of unbranched alkanes of at least 4 members (excludes halogenated alkanes) is 10. The molecule has 20 heavy (non-hydrogen) atoms. The molecular formula is C17H33NO2. The first-order valence-corrected chi connectivity index (χ1v) is 8.34. The molecule has 0 aromatic heterocycles. The minimum absolute atomic E-state index is 0.462. The lowest BCUT2D eigenvalue weighted by atomic mass is 10.1. The van der Waals surface area contributed by atoms with Gasteiger partial charge in [-0.3, -0.25) is 0 Å². The Morgan fingerprint density at radius 3 is 1.90 bits per heavy atom. The number of primary amides is 1. The van der Waals surface area contributed by atoms with Crippen molar-refractivity contribution in [3.63, 3.8) is 0 Å². The van der Waals surface area contributed by atoms with Gasteiger partial charge < -0.3 is 10.5 Å². The summed E-state index contributed by atoms with van der Waals surface area (Å²) < 4.78 is 4.67. The summed E-state index contributed by atoms with van der Waals surface area (Å²) in [6.07, 6.45) is 19.1. The van der Waals surface area contributed by atoms with Gasteiger partial charge in [-0.25, -0.2) is 4.79 Å². The molecule has 0 aliphatic heterocycles. The van der Waals surface area contributed by atoms with Gasteiger partial charge >= 0.3 is 6.09 Å². The highest BCUT2D eigenvalue weighted by molar-refractivity contribution is 5.64. The summed E-state index contributed by atoms with van der Waals surface area (Å²) >= 11 is 0. The Labute approximate surface area is 125 Å². The zero-order valence-electron chi connectivity index (χ0n) is 13.2. The van der Waals surface area contributed by atoms with Gasteiger partial charge in [-0.1, -0.05) is 64.0 Å². The number of hydrogen-bond donors (Lipinski definition) is 1. The second-order valence-corrected chi connectivity index (χ2v) is 5.40. The summed E-state index contributed by atoms with van der Waals surface area (Å²) in [6, 6.07) is 0. The smallest absolute Gasteiger partial charge is 0.404 e. The normalized spacial score (nSPS) is 11.1. The number of nitrogens with two attached hydrogens (primary N) is 1. The maximum Gasteiger partial charge on any atom is 0.404 e. The fourth-order valence-corrected chi connectivity index (χ4v) is 2.17. The summed E-state index contributed by atoms with van der Waals surface area (Å²) in [4.78, 5) is 10.3. The van der Waals surface area contributed by atoms with Gasteiger partial charge in [0.2, 0.25) is 0 Å². The first-order valence-electron chi connectivity index (χ1n) is 8.34. The molecule has 0 rings (SSSR count). The van der Waals surface area contributed by atoms with E-state index in [4.69, 9.17) is 5.73 Å². The van der Waals surface area contributed by atoms with Crippen LogP contribution in [0.1, 0.15) is 84.0 Å². The van der Waals surface area contributed by atoms with Crippen molar-refractivity contribution >= 4 is 6.09 Å². The van der Waals surface area contributed by atoms with E-state index >= 15 is 0 Å². The third kappa shape index (κ3) is 17.0. The molecule has 0 unspecified atom stereocenters. The molecule has 0 bridgehead atoms. The molecule has 0 saturated heterocycles. The average Bonchev–Trinajstić information content (AvgIpc) is 2.43. The molecule has 0 fully saturated rings. The van der Waals surface area contributed by atoms with E-state index in [1.54, 1.807) is 0 Å². The van der Waals surface area contributed by atoms with E-state index < -0.39 is 6.09 Å². The summed E-state index contributed by atoms with van der Waals surface area (Å²) in [5.74, 6) is 0. The van der Waals surface area contributed by atoms with Crippen LogP contribution in [0.3, 0.4) is 0 Å². The van der Waals surface area contributed by atoms with Crippen molar-refractivity contribution < 1.29 is 9.53 Å². The Hall–Kier alpha value is -0.990. The van der Waals surface area contributed by atoms with Gasteiger partial charge in [-0.05, 0) is 32.1 Å². The molecular weight excluding hydrogens is 250 g/mol. The van der Waals surface area contributed by atoms with Crippen LogP contribution in [0.15, 0.2) is 12.2 Å². The molecule has 0 saturated carbocycles. The van der Waals surface area contributed by atoms with E-state index in [2.05, 4.69) is 23.8 Å². The second kappa shape index (κ2) is 16.1. The highest BCUT2D eigenvalue weighted by atomic mass is 16.5. The van der Waals surface area contributed by atoms with Crippen LogP contribution in [-0.4, -0.2) is 12.7 Å². The van der Waals surface area contributed by atoms with Crippen LogP contribution in [0.25, 0.3) is 0 Å². The van der Waals surface area contributed by atoms with Gasteiger partial charge in [0, 0.05) is 0 Å². The molecule has 0 radical (unpaired) electrons. The van der Waals surface area contributed by atoms with Gasteiger partial charge in [0.15, 0.2) is 0 Å². The number of allylic oxidation sites excluding steroid dienone is 2. The number of amides is 1. The Morgan fingerprint density at radius 1 is 0.850 bits per heavy atom. The Kier molecular flexibility index (Phi) is 15.3. The number of hydrogen-bond acceptors (Lipinski definition) is 2. The van der Waals surface area contributed by atoms with Crippen molar-refractivity contribution in [2.75, 3.05) is 6.61 Å². The van der Waals surface area contributed by atoms with Crippen molar-refractivity contribution in [1.82, 2.24) is 0 Å². The van der Waals surface area contributed by atoms with Crippen LogP contribution < -0.4 is 5.73 Å². The minimum atomic E-state index is -0.664. The molecule has 0 spiro atoms. The highest BCUT2D eigenvalue weighted by Crippen LogP contribution is 2.08. The molecule has 0 aliphatic rings. The van der Waals surface area contributed by atoms with E-state index in [9.17, 15) is 4.79 Å². The maximum atomic E-state index is 10.3. The second-order valence-electron chi connectivity index (χ2n) is 5.40. The lowest BCUT2D eigenvalue weighted by molar-refractivity contribution is 0.154. The number of carbonyl (C=O) groups excluding carboxylic acids is 1. The topological polar surface area (TPSA) is 52.3 Å². The molecule has 3 nitrogen and oxygen atoms in total. The number of ether oxygens (including phenoxy) is 1. The van der Waals surface area contributed by atoms with Gasteiger partial charge in [0.1, 0.15) is 0 Å². The van der Waals surface area contributed by atoms with Crippen LogP contribution in [0.2, 0.25) is 0 Å². The van der Waals surface area contributed by atoms with Gasteiger partial charge in [-0.15, -0.1) is 0 Å². The fourth-order valence-electron chi connectivity index (χ4n) is 2.17. The monoisotopic (exact) mass is 283 g/mol. The predicted octanol–water partition coefficient (Wildman–Crippen LogP) is 5.34. The zero-order valence-corrected chi connectivity index (χ0v) is 13.2. The van der Waals surface area contributed by atoms with E-state index in [0.29, 0.717) is 6.61 Å². The summed E-state index contributed by atoms with van der Waals surface area (Å²) in [7, 11) is 0. The Morgan fingerprint density at radius 2 is 1.35 bits per heavy atom. The Balaban J connectivity index is 3.07. The van der Waals surface area contributed by atoms with Crippen molar-refractivity contribution in [2.24, 2.45) is 5.73 Å². The number of carbonyl (C=O) groups is 1. The van der Waals surface area contributed by atoms with E-state index in [1.165, 1.54) is 64.2 Å². The molecule has 1 amide bonds. The van der Waals surface area contributed by atoms with E-state index in [-0.39, 0.29) is 0 Å². The molecule has 0 aromatic carbocycles. The van der Waals surface area contributed by atoms with Crippen molar-refractivity contribution in [2.45, 2.75) is 84.0 Å². The molecule has 0 aromatic rings. The lowest BCUT2D eigenvalue weighted by Gasteiger charge is -2.00. The maximum absolute atomic E-state index is 10.3. The molecule has 2 N–H and O–H groups in total. The highest BCUT2D eigenvalue weighted by Gasteiger charge is 1.93. The molecule has 0 heterocycles. The van der Waals surface area contributed by atoms with Crippen molar-refractivity contribution in [1.29, 1.82) is 0 Å². The van der Waals surface area contributed by atoms with Gasteiger partial charge in [0.05, 0.1) is 6.61 Å². The van der Waals surface area contributed by atoms with Gasteiger partial charge in [-0.2, -0.15) is 0 Å². The third-order valence-corrected chi connectivity index (χ3v) is 3.40. The quantitative estimate of drug-likeness (QED) is 0.345. The van der Waals surface area contributed by atoms with E-state index in [1.807, 2.05) is 0 Å². The van der Waals surface area contributed by atoms with E-state index in [0.717, 1.165) is 12.8 Å². The summed E-state index contributed by atoms with van der Waals surface area (Å²) in [5.41, 5.74) is 4.88. The summed E-state index contributed by atoms with van der Waals surface area (Å²) in [6.45, 7) is 2.72. The predicted molar refractivity (Wildman–Crippen MR) is 85.8 cm³/mol. The van der Waals surface area contributed by atoms with Gasteiger partial charge in [0.25, 0.3) is 0 Å². The molecule has 3 heteroatoms.